The molecule has 0 saturated carbocycles. The topological polar surface area (TPSA) is 107 Å². The first-order valence-corrected chi connectivity index (χ1v) is 8.91. The molecule has 0 fully saturated rings. The van der Waals surface area contributed by atoms with Crippen LogP contribution in [-0.2, 0) is 10.0 Å². The summed E-state index contributed by atoms with van der Waals surface area (Å²) in [7, 11) is -4.25. The fourth-order valence-corrected chi connectivity index (χ4v) is 3.61. The van der Waals surface area contributed by atoms with E-state index in [-0.39, 0.29) is 20.4 Å². The molecule has 0 radical (unpaired) electrons. The van der Waals surface area contributed by atoms with Crippen molar-refractivity contribution in [2.24, 2.45) is 5.73 Å². The number of primary amides is 1. The molecule has 130 valence electrons. The third-order valence-corrected chi connectivity index (χ3v) is 5.30. The van der Waals surface area contributed by atoms with Gasteiger partial charge in [-0.3, -0.25) is 9.52 Å². The lowest BCUT2D eigenvalue weighted by Gasteiger charge is -2.09. The minimum atomic E-state index is -4.25. The number of aromatic nitrogens is 2. The van der Waals surface area contributed by atoms with Crippen molar-refractivity contribution < 1.29 is 22.0 Å². The molecule has 0 atom stereocenters. The van der Waals surface area contributed by atoms with Crippen LogP contribution < -0.4 is 10.5 Å². The molecule has 0 aliphatic rings. The van der Waals surface area contributed by atoms with Gasteiger partial charge in [0.25, 0.3) is 10.0 Å². The second-order valence-corrected chi connectivity index (χ2v) is 7.48. The monoisotopic (exact) mass is 430 g/mol. The van der Waals surface area contributed by atoms with Crippen LogP contribution in [0.4, 0.5) is 14.5 Å². The highest BCUT2D eigenvalue weighted by molar-refractivity contribution is 9.10. The first-order valence-electron chi connectivity index (χ1n) is 6.63. The molecule has 0 saturated heterocycles. The third kappa shape index (κ3) is 3.20. The van der Waals surface area contributed by atoms with Crippen molar-refractivity contribution in [1.29, 1.82) is 0 Å². The summed E-state index contributed by atoms with van der Waals surface area (Å²) in [5, 5.41) is 3.84. The minimum Gasteiger partial charge on any atom is -0.366 e. The van der Waals surface area contributed by atoms with Crippen LogP contribution in [0, 0.1) is 11.6 Å². The van der Waals surface area contributed by atoms with E-state index in [0.29, 0.717) is 6.07 Å². The molecule has 0 aliphatic heterocycles. The normalized spacial score (nSPS) is 11.6. The van der Waals surface area contributed by atoms with Crippen LogP contribution in [-0.4, -0.2) is 23.9 Å². The zero-order valence-electron chi connectivity index (χ0n) is 12.2. The predicted molar refractivity (Wildman–Crippen MR) is 88.6 cm³/mol. The molecule has 0 bridgehead atoms. The maximum absolute atomic E-state index is 13.9. The number of nitrogens with two attached hydrogens (primary N) is 1. The third-order valence-electron chi connectivity index (χ3n) is 3.31. The van der Waals surface area contributed by atoms with Crippen LogP contribution in [0.1, 0.15) is 10.4 Å². The Balaban J connectivity index is 2.05. The van der Waals surface area contributed by atoms with E-state index in [1.807, 2.05) is 4.72 Å². The summed E-state index contributed by atoms with van der Waals surface area (Å²) in [6.45, 7) is 0. The Morgan fingerprint density at radius 3 is 2.64 bits per heavy atom. The van der Waals surface area contributed by atoms with Gasteiger partial charge in [-0.15, -0.1) is 0 Å². The Morgan fingerprint density at radius 1 is 1.24 bits per heavy atom. The number of amides is 1. The second-order valence-electron chi connectivity index (χ2n) is 4.97. The van der Waals surface area contributed by atoms with Gasteiger partial charge in [0.1, 0.15) is 16.5 Å². The Labute approximate surface area is 148 Å². The van der Waals surface area contributed by atoms with Gasteiger partial charge in [-0.2, -0.15) is 5.10 Å². The van der Waals surface area contributed by atoms with Gasteiger partial charge >= 0.3 is 0 Å². The zero-order chi connectivity index (χ0) is 18.4. The molecule has 3 N–H and O–H groups in total. The van der Waals surface area contributed by atoms with Gasteiger partial charge in [-0.05, 0) is 34.1 Å². The summed E-state index contributed by atoms with van der Waals surface area (Å²) in [4.78, 5) is 10.9. The molecular formula is C14H9BrF2N4O3S. The lowest BCUT2D eigenvalue weighted by molar-refractivity contribution is 0.0999. The molecule has 2 aromatic heterocycles. The van der Waals surface area contributed by atoms with Crippen molar-refractivity contribution in [1.82, 2.24) is 9.61 Å². The van der Waals surface area contributed by atoms with E-state index in [0.717, 1.165) is 16.8 Å². The van der Waals surface area contributed by atoms with Gasteiger partial charge in [-0.1, -0.05) is 0 Å². The Morgan fingerprint density at radius 2 is 1.96 bits per heavy atom. The van der Waals surface area contributed by atoms with Crippen molar-refractivity contribution >= 4 is 43.1 Å². The van der Waals surface area contributed by atoms with Gasteiger partial charge in [0.15, 0.2) is 0 Å². The van der Waals surface area contributed by atoms with E-state index in [4.69, 9.17) is 5.73 Å². The predicted octanol–water partition coefficient (Wildman–Crippen LogP) is 2.27. The van der Waals surface area contributed by atoms with E-state index in [2.05, 4.69) is 21.0 Å². The van der Waals surface area contributed by atoms with Crippen LogP contribution in [0.25, 0.3) is 5.52 Å². The number of carbonyl (C=O) groups is 1. The van der Waals surface area contributed by atoms with Gasteiger partial charge in [0.05, 0.1) is 27.4 Å². The summed E-state index contributed by atoms with van der Waals surface area (Å²) in [6.07, 6.45) is 2.28. The lowest BCUT2D eigenvalue weighted by atomic mass is 10.2. The van der Waals surface area contributed by atoms with Crippen molar-refractivity contribution in [2.75, 3.05) is 4.72 Å². The van der Waals surface area contributed by atoms with Crippen molar-refractivity contribution in [2.45, 2.75) is 4.90 Å². The molecule has 1 amide bonds. The van der Waals surface area contributed by atoms with Gasteiger partial charge in [-0.25, -0.2) is 21.7 Å². The number of hydrogen-bond acceptors (Lipinski definition) is 4. The van der Waals surface area contributed by atoms with Gasteiger partial charge in [0.2, 0.25) is 5.91 Å². The molecule has 7 nitrogen and oxygen atoms in total. The van der Waals surface area contributed by atoms with Crippen molar-refractivity contribution in [3.63, 3.8) is 0 Å². The van der Waals surface area contributed by atoms with Crippen LogP contribution in [0.3, 0.4) is 0 Å². The number of fused-ring (bicyclic) bond motifs is 1. The van der Waals surface area contributed by atoms with Crippen LogP contribution in [0.5, 0.6) is 0 Å². The van der Waals surface area contributed by atoms with E-state index in [9.17, 15) is 22.0 Å². The summed E-state index contributed by atoms with van der Waals surface area (Å²) >= 11 is 2.81. The molecular weight excluding hydrogens is 422 g/mol. The minimum absolute atomic E-state index is 0.133. The molecule has 0 spiro atoms. The van der Waals surface area contributed by atoms with E-state index in [1.165, 1.54) is 18.3 Å². The quantitative estimate of drug-likeness (QED) is 0.619. The molecule has 2 heterocycles. The molecule has 0 unspecified atom stereocenters. The van der Waals surface area contributed by atoms with Crippen molar-refractivity contribution in [3.05, 3.63) is 58.3 Å². The first kappa shape index (κ1) is 17.3. The van der Waals surface area contributed by atoms with Gasteiger partial charge in [0, 0.05) is 12.3 Å². The number of carbonyl (C=O) groups excluding carboxylic acids is 1. The first-order chi connectivity index (χ1) is 11.7. The number of rotatable bonds is 4. The number of nitrogens with one attached hydrogen (secondary N) is 1. The molecule has 3 aromatic rings. The van der Waals surface area contributed by atoms with E-state index in [1.54, 1.807) is 0 Å². The number of anilines is 1. The maximum Gasteiger partial charge on any atom is 0.265 e. The Bertz CT molecular complexity index is 1110. The average molecular weight is 431 g/mol. The van der Waals surface area contributed by atoms with Crippen LogP contribution >= 0.6 is 15.9 Å². The standard InChI is InChI=1S/C14H9BrF2N4O3S/c15-8-3-10(17)11(4-9(8)16)20-25(23,24)13-5-19-21-6-7(14(18)22)1-2-12(13)21/h1-6,20H,(H2,18,22). The number of benzene rings is 1. The lowest BCUT2D eigenvalue weighted by Crippen LogP contribution is -2.14. The molecule has 3 rings (SSSR count). The smallest absolute Gasteiger partial charge is 0.265 e. The van der Waals surface area contributed by atoms with Crippen LogP contribution in [0.15, 0.2) is 46.0 Å². The molecule has 0 aliphatic carbocycles. The Kier molecular flexibility index (Phi) is 4.21. The highest BCUT2D eigenvalue weighted by Crippen LogP contribution is 2.26. The second kappa shape index (κ2) is 6.08. The number of nitrogens with zero attached hydrogens (tertiary/aromatic N) is 2. The number of halogens is 3. The number of hydrogen-bond donors (Lipinski definition) is 2. The number of pyridine rings is 1. The highest BCUT2D eigenvalue weighted by atomic mass is 79.9. The summed E-state index contributed by atoms with van der Waals surface area (Å²) in [6, 6.07) is 4.19. The summed E-state index contributed by atoms with van der Waals surface area (Å²) < 4.78 is 55.4. The van der Waals surface area contributed by atoms with Crippen LogP contribution in [0.2, 0.25) is 0 Å². The molecule has 11 heteroatoms. The zero-order valence-corrected chi connectivity index (χ0v) is 14.6. The number of sulfonamides is 1. The summed E-state index contributed by atoms with van der Waals surface area (Å²) in [5.41, 5.74) is 4.87. The van der Waals surface area contributed by atoms with Gasteiger partial charge < -0.3 is 5.73 Å². The highest BCUT2D eigenvalue weighted by Gasteiger charge is 2.22. The molecule has 25 heavy (non-hydrogen) atoms. The van der Waals surface area contributed by atoms with Crippen molar-refractivity contribution in [3.8, 4) is 0 Å². The van der Waals surface area contributed by atoms with E-state index < -0.39 is 33.3 Å². The molecule has 1 aromatic carbocycles. The Hall–Kier alpha value is -2.53. The average Bonchev–Trinajstić information content (AvgIpc) is 2.96. The SMILES string of the molecule is NC(=O)c1ccc2c(S(=O)(=O)Nc3cc(F)c(Br)cc3F)cnn2c1. The fourth-order valence-electron chi connectivity index (χ4n) is 2.11. The fraction of sp³-hybridized carbons (Fsp3) is 0. The summed E-state index contributed by atoms with van der Waals surface area (Å²) in [5.74, 6) is -2.48. The van der Waals surface area contributed by atoms with E-state index >= 15 is 0 Å². The largest absolute Gasteiger partial charge is 0.366 e. The maximum atomic E-state index is 13.9.